The first-order valence-electron chi connectivity index (χ1n) is 13.3. The smallest absolute Gasteiger partial charge is 0.330 e. The van der Waals surface area contributed by atoms with E-state index in [9.17, 15) is 28.8 Å². The molecule has 0 rings (SSSR count). The summed E-state index contributed by atoms with van der Waals surface area (Å²) in [6.07, 6.45) is 3.50. The van der Waals surface area contributed by atoms with Crippen molar-refractivity contribution >= 4 is 48.4 Å². The zero-order chi connectivity index (χ0) is 35.2. The van der Waals surface area contributed by atoms with Crippen molar-refractivity contribution in [2.24, 2.45) is 16.1 Å². The fraction of sp³-hybridized carbons (Fsp3) is 0.448. The summed E-state index contributed by atoms with van der Waals surface area (Å²) in [5, 5.41) is 3.90. The molecule has 0 amide bonds. The highest BCUT2D eigenvalue weighted by atomic mass is 32.1. The first-order valence-corrected chi connectivity index (χ1v) is 13.8. The van der Waals surface area contributed by atoms with Crippen LogP contribution in [-0.2, 0) is 61.9 Å². The largest absolute Gasteiger partial charge is 0.465 e. The van der Waals surface area contributed by atoms with Crippen LogP contribution in [0.4, 0.5) is 0 Å². The average Bonchev–Trinajstić information content (AvgIpc) is 3.06. The molecule has 0 aromatic carbocycles. The van der Waals surface area contributed by atoms with E-state index >= 15 is 0 Å². The van der Waals surface area contributed by atoms with Crippen molar-refractivity contribution in [1.29, 1.82) is 5.53 Å². The maximum Gasteiger partial charge on any atom is 0.330 e. The second-order valence-electron chi connectivity index (χ2n) is 9.49. The Morgan fingerprint density at radius 1 is 0.652 bits per heavy atom. The lowest BCUT2D eigenvalue weighted by Gasteiger charge is -2.35. The highest BCUT2D eigenvalue weighted by molar-refractivity contribution is 7.84. The minimum Gasteiger partial charge on any atom is -0.465 e. The van der Waals surface area contributed by atoms with Crippen molar-refractivity contribution in [3.05, 3.63) is 62.2 Å². The first-order chi connectivity index (χ1) is 21.7. The molecule has 0 fully saturated rings. The lowest BCUT2D eigenvalue weighted by molar-refractivity contribution is -0.172. The highest BCUT2D eigenvalue weighted by Gasteiger charge is 2.40. The van der Waals surface area contributed by atoms with E-state index in [1.807, 2.05) is 0 Å². The second kappa shape index (κ2) is 21.9. The molecule has 0 saturated carbocycles. The van der Waals surface area contributed by atoms with Gasteiger partial charge in [0.25, 0.3) is 0 Å². The molecular formula is C29H39N3O13S. The fourth-order valence-electron chi connectivity index (χ4n) is 3.04. The minimum absolute atomic E-state index is 0.0195. The van der Waals surface area contributed by atoms with Gasteiger partial charge in [-0.25, -0.2) is 24.2 Å². The van der Waals surface area contributed by atoms with E-state index in [1.54, 1.807) is 0 Å². The van der Waals surface area contributed by atoms with Gasteiger partial charge in [-0.15, -0.1) is 12.6 Å². The normalized spacial score (nSPS) is 11.7. The van der Waals surface area contributed by atoms with Crippen molar-refractivity contribution in [2.45, 2.75) is 13.3 Å². The first kappa shape index (κ1) is 41.2. The third-order valence-electron chi connectivity index (χ3n) is 5.63. The maximum absolute atomic E-state index is 12.6. The molecule has 0 aromatic heterocycles. The predicted molar refractivity (Wildman–Crippen MR) is 162 cm³/mol. The third kappa shape index (κ3) is 16.3. The van der Waals surface area contributed by atoms with E-state index in [0.717, 1.165) is 29.3 Å². The summed E-state index contributed by atoms with van der Waals surface area (Å²) >= 11 is 3.94. The number of hydrogen-bond donors (Lipinski definition) is 2. The topological polar surface area (TPSA) is 206 Å². The molecule has 1 unspecified atom stereocenters. The van der Waals surface area contributed by atoms with Gasteiger partial charge in [0.05, 0.1) is 29.1 Å². The van der Waals surface area contributed by atoms with Crippen LogP contribution in [0.15, 0.2) is 67.5 Å². The summed E-state index contributed by atoms with van der Waals surface area (Å²) in [5.41, 5.74) is 4.07. The molecule has 1 N–H and O–H groups in total. The van der Waals surface area contributed by atoms with Crippen molar-refractivity contribution in [3.63, 3.8) is 0 Å². The minimum atomic E-state index is -1.56. The molecule has 0 aliphatic rings. The zero-order valence-corrected chi connectivity index (χ0v) is 26.5. The Hall–Kier alpha value is -4.77. The van der Waals surface area contributed by atoms with Gasteiger partial charge in [-0.2, -0.15) is 5.53 Å². The van der Waals surface area contributed by atoms with Crippen LogP contribution in [0.5, 0.6) is 0 Å². The predicted octanol–water partition coefficient (Wildman–Crippen LogP) is 2.04. The van der Waals surface area contributed by atoms with E-state index in [-0.39, 0.29) is 11.4 Å². The lowest BCUT2D eigenvalue weighted by Crippen LogP contribution is -2.47. The number of ether oxygens (including phenoxy) is 7. The van der Waals surface area contributed by atoms with Gasteiger partial charge in [0.1, 0.15) is 46.2 Å². The quantitative estimate of drug-likeness (QED) is 0.0356. The highest BCUT2D eigenvalue weighted by Crippen LogP contribution is 2.26. The molecule has 0 bridgehead atoms. The molecule has 17 heteroatoms. The monoisotopic (exact) mass is 669 g/mol. The molecule has 1 atom stereocenters. The van der Waals surface area contributed by atoms with Crippen LogP contribution in [0, 0.1) is 16.4 Å². The average molecular weight is 670 g/mol. The number of carbonyl (C=O) groups is 6. The van der Waals surface area contributed by atoms with Gasteiger partial charge in [-0.05, 0) is 0 Å². The Morgan fingerprint density at radius 2 is 0.978 bits per heavy atom. The van der Waals surface area contributed by atoms with Crippen LogP contribution in [0.25, 0.3) is 0 Å². The van der Waals surface area contributed by atoms with E-state index < -0.39 is 106 Å². The van der Waals surface area contributed by atoms with E-state index in [1.165, 1.54) is 6.92 Å². The lowest BCUT2D eigenvalue weighted by atomic mass is 9.90. The molecule has 0 spiro atoms. The van der Waals surface area contributed by atoms with E-state index in [2.05, 4.69) is 50.7 Å². The molecule has 0 aromatic rings. The Labute approximate surface area is 271 Å². The molecular weight excluding hydrogens is 630 g/mol. The van der Waals surface area contributed by atoms with Crippen molar-refractivity contribution in [3.8, 4) is 0 Å². The number of carbonyl (C=O) groups excluding carboxylic acids is 6. The Morgan fingerprint density at radius 3 is 1.26 bits per heavy atom. The summed E-state index contributed by atoms with van der Waals surface area (Å²) in [6, 6.07) is 0. The number of hydrogen-bond acceptors (Lipinski definition) is 16. The van der Waals surface area contributed by atoms with Crippen LogP contribution >= 0.6 is 12.6 Å². The summed E-state index contributed by atoms with van der Waals surface area (Å²) in [4.78, 5) is 72.4. The Balaban J connectivity index is 6.47. The van der Waals surface area contributed by atoms with Crippen molar-refractivity contribution in [2.75, 3.05) is 59.4 Å². The van der Waals surface area contributed by atoms with Gasteiger partial charge in [0.15, 0.2) is 0 Å². The third-order valence-corrected chi connectivity index (χ3v) is 5.86. The molecule has 16 nitrogen and oxygen atoms in total. The van der Waals surface area contributed by atoms with Gasteiger partial charge in [0.2, 0.25) is 0 Å². The van der Waals surface area contributed by atoms with Crippen molar-refractivity contribution in [1.82, 2.24) is 5.01 Å². The molecule has 0 radical (unpaired) electrons. The van der Waals surface area contributed by atoms with Crippen LogP contribution in [0.2, 0.25) is 0 Å². The zero-order valence-electron chi connectivity index (χ0n) is 25.6. The molecule has 0 saturated heterocycles. The van der Waals surface area contributed by atoms with E-state index in [4.69, 9.17) is 38.7 Å². The summed E-state index contributed by atoms with van der Waals surface area (Å²) in [5.74, 6) is -4.97. The van der Waals surface area contributed by atoms with Gasteiger partial charge >= 0.3 is 35.8 Å². The standard InChI is InChI=1S/C29H39N3O13S/c1-7-22(33)40-15-28(16-41-23(34)8-2,17-42-24(35)9-3)13-39-14-29(18-43-25(36)10-4,19-44-26(37)11-5)20-45-27(38)12-32(31-30)21(6)46/h7-10,30,46H,1-4,6,11-20H2,5H3. The number of nitrogens with one attached hydrogen (secondary N) is 1. The van der Waals surface area contributed by atoms with Gasteiger partial charge in [-0.3, -0.25) is 9.59 Å². The Bertz CT molecular complexity index is 1110. The molecule has 0 aliphatic heterocycles. The number of nitrogens with zero attached hydrogens (tertiary/aromatic N) is 2. The van der Waals surface area contributed by atoms with Crippen LogP contribution in [0.1, 0.15) is 13.3 Å². The number of thiol groups is 1. The van der Waals surface area contributed by atoms with Gasteiger partial charge < -0.3 is 33.2 Å². The van der Waals surface area contributed by atoms with Gasteiger partial charge in [-0.1, -0.05) is 45.0 Å². The number of esters is 6. The van der Waals surface area contributed by atoms with E-state index in [0.29, 0.717) is 0 Å². The van der Waals surface area contributed by atoms with Crippen molar-refractivity contribution < 1.29 is 61.9 Å². The SMILES string of the molecule is C=CC(=O)OCC(COCC(COC(=O)C=C)(COC(=O)CC)COC(=O)CN(N=N)C(=C)S)(COC(=O)C=C)COC(=O)C=C. The molecule has 254 valence electrons. The summed E-state index contributed by atoms with van der Waals surface area (Å²) < 4.78 is 37.3. The Kier molecular flexibility index (Phi) is 19.6. The molecule has 46 heavy (non-hydrogen) atoms. The second-order valence-corrected chi connectivity index (χ2v) is 10.0. The van der Waals surface area contributed by atoms with Crippen LogP contribution < -0.4 is 0 Å². The van der Waals surface area contributed by atoms with Gasteiger partial charge in [0, 0.05) is 30.7 Å². The van der Waals surface area contributed by atoms with Crippen LogP contribution in [-0.4, -0.2) is 100 Å². The summed E-state index contributed by atoms with van der Waals surface area (Å²) in [7, 11) is 0. The van der Waals surface area contributed by atoms with Crippen LogP contribution in [0.3, 0.4) is 0 Å². The maximum atomic E-state index is 12.6. The molecule has 0 heterocycles. The molecule has 0 aliphatic carbocycles. The number of rotatable bonds is 25. The fourth-order valence-corrected chi connectivity index (χ4v) is 3.15. The summed E-state index contributed by atoms with van der Waals surface area (Å²) in [6.45, 7) is 13.7.